The van der Waals surface area contributed by atoms with Gasteiger partial charge in [-0.2, -0.15) is 5.26 Å². The minimum Gasteiger partial charge on any atom is -0.354 e. The average Bonchev–Trinajstić information content (AvgIpc) is 2.22. The molecule has 0 spiro atoms. The van der Waals surface area contributed by atoms with Gasteiger partial charge in [-0.05, 0) is 19.3 Å². The largest absolute Gasteiger partial charge is 0.354 e. The van der Waals surface area contributed by atoms with Gasteiger partial charge in [-0.1, -0.05) is 19.9 Å². The molecular weight excluding hydrogens is 176 g/mol. The van der Waals surface area contributed by atoms with E-state index in [1.54, 1.807) is 6.08 Å². The molecule has 78 valence electrons. The summed E-state index contributed by atoms with van der Waals surface area (Å²) in [4.78, 5) is 11.7. The number of hydrogen-bond acceptors (Lipinski definition) is 2. The number of carbonyl (C=O) groups excluding carboxylic acids is 1. The van der Waals surface area contributed by atoms with Crippen LogP contribution in [0.5, 0.6) is 0 Å². The lowest BCUT2D eigenvalue weighted by Gasteiger charge is -2.21. The van der Waals surface area contributed by atoms with E-state index in [1.165, 1.54) is 0 Å². The summed E-state index contributed by atoms with van der Waals surface area (Å²) in [7, 11) is 0. The predicted molar refractivity (Wildman–Crippen MR) is 56.5 cm³/mol. The van der Waals surface area contributed by atoms with Crippen molar-refractivity contribution in [1.82, 2.24) is 5.32 Å². The number of rotatable bonds is 6. The Morgan fingerprint density at radius 2 is 2.14 bits per heavy atom. The van der Waals surface area contributed by atoms with Crippen molar-refractivity contribution in [2.45, 2.75) is 33.1 Å². The number of amides is 1. The summed E-state index contributed by atoms with van der Waals surface area (Å²) >= 11 is 0. The molecule has 0 heterocycles. The minimum absolute atomic E-state index is 0.160. The van der Waals surface area contributed by atoms with Crippen LogP contribution in [0.2, 0.25) is 0 Å². The highest BCUT2D eigenvalue weighted by Gasteiger charge is 2.34. The SMILES string of the molecule is C=CCCNC(=O)C(C#N)(CC)CC. The molecule has 0 fully saturated rings. The topological polar surface area (TPSA) is 52.9 Å². The van der Waals surface area contributed by atoms with Crippen LogP contribution >= 0.6 is 0 Å². The molecule has 0 radical (unpaired) electrons. The van der Waals surface area contributed by atoms with E-state index < -0.39 is 5.41 Å². The third-order valence-electron chi connectivity index (χ3n) is 2.49. The maximum atomic E-state index is 11.7. The van der Waals surface area contributed by atoms with Gasteiger partial charge in [0.1, 0.15) is 5.41 Å². The van der Waals surface area contributed by atoms with Crippen LogP contribution in [0.3, 0.4) is 0 Å². The van der Waals surface area contributed by atoms with E-state index >= 15 is 0 Å². The van der Waals surface area contributed by atoms with Gasteiger partial charge < -0.3 is 5.32 Å². The summed E-state index contributed by atoms with van der Waals surface area (Å²) in [5, 5.41) is 11.7. The lowest BCUT2D eigenvalue weighted by Crippen LogP contribution is -2.39. The van der Waals surface area contributed by atoms with Gasteiger partial charge in [-0.15, -0.1) is 6.58 Å². The van der Waals surface area contributed by atoms with Crippen LogP contribution < -0.4 is 5.32 Å². The van der Waals surface area contributed by atoms with Gasteiger partial charge in [0.25, 0.3) is 0 Å². The molecule has 1 N–H and O–H groups in total. The number of hydrogen-bond donors (Lipinski definition) is 1. The molecule has 0 aliphatic heterocycles. The second-order valence-corrected chi connectivity index (χ2v) is 3.23. The Bertz CT molecular complexity index is 236. The highest BCUT2D eigenvalue weighted by atomic mass is 16.2. The van der Waals surface area contributed by atoms with Crippen molar-refractivity contribution in [1.29, 1.82) is 5.26 Å². The lowest BCUT2D eigenvalue weighted by atomic mass is 9.83. The predicted octanol–water partition coefficient (Wildman–Crippen LogP) is 2.01. The van der Waals surface area contributed by atoms with Crippen molar-refractivity contribution in [3.8, 4) is 6.07 Å². The molecule has 0 aromatic heterocycles. The molecule has 3 nitrogen and oxygen atoms in total. The van der Waals surface area contributed by atoms with Crippen molar-refractivity contribution in [3.05, 3.63) is 12.7 Å². The fourth-order valence-corrected chi connectivity index (χ4v) is 1.24. The van der Waals surface area contributed by atoms with E-state index in [9.17, 15) is 4.79 Å². The molecule has 0 rings (SSSR count). The zero-order chi connectivity index (χ0) is 11.0. The summed E-state index contributed by atoms with van der Waals surface area (Å²) in [6, 6.07) is 2.10. The molecule has 0 atom stereocenters. The lowest BCUT2D eigenvalue weighted by molar-refractivity contribution is -0.128. The van der Waals surface area contributed by atoms with Crippen LogP contribution in [0.4, 0.5) is 0 Å². The Kier molecular flexibility index (Phi) is 5.62. The zero-order valence-corrected chi connectivity index (χ0v) is 8.97. The van der Waals surface area contributed by atoms with Crippen molar-refractivity contribution >= 4 is 5.91 Å². The highest BCUT2D eigenvalue weighted by molar-refractivity contribution is 5.85. The summed E-state index contributed by atoms with van der Waals surface area (Å²) in [6.07, 6.45) is 3.59. The number of nitriles is 1. The third kappa shape index (κ3) is 2.88. The number of nitrogens with zero attached hydrogens (tertiary/aromatic N) is 1. The number of carbonyl (C=O) groups is 1. The summed E-state index contributed by atoms with van der Waals surface area (Å²) < 4.78 is 0. The van der Waals surface area contributed by atoms with Crippen LogP contribution in [0, 0.1) is 16.7 Å². The van der Waals surface area contributed by atoms with Gasteiger partial charge in [0.15, 0.2) is 0 Å². The fourth-order valence-electron chi connectivity index (χ4n) is 1.24. The molecular formula is C11H18N2O. The van der Waals surface area contributed by atoms with Gasteiger partial charge in [0.2, 0.25) is 5.91 Å². The van der Waals surface area contributed by atoms with Gasteiger partial charge in [0.05, 0.1) is 6.07 Å². The molecule has 0 saturated carbocycles. The normalized spacial score (nSPS) is 10.4. The van der Waals surface area contributed by atoms with E-state index in [-0.39, 0.29) is 5.91 Å². The molecule has 0 aromatic rings. The molecule has 3 heteroatoms. The first-order chi connectivity index (χ1) is 6.66. The smallest absolute Gasteiger partial charge is 0.240 e. The second kappa shape index (κ2) is 6.20. The Morgan fingerprint density at radius 1 is 1.57 bits per heavy atom. The van der Waals surface area contributed by atoms with Crippen LogP contribution in [0.15, 0.2) is 12.7 Å². The van der Waals surface area contributed by atoms with E-state index in [2.05, 4.69) is 18.0 Å². The quantitative estimate of drug-likeness (QED) is 0.519. The molecule has 0 aliphatic rings. The Balaban J connectivity index is 4.31. The van der Waals surface area contributed by atoms with Crippen LogP contribution in [-0.2, 0) is 4.79 Å². The van der Waals surface area contributed by atoms with E-state index in [0.29, 0.717) is 19.4 Å². The third-order valence-corrected chi connectivity index (χ3v) is 2.49. The standard InChI is InChI=1S/C11H18N2O/c1-4-7-8-13-10(14)11(5-2,6-3)9-12/h4H,1,5-8H2,2-3H3,(H,13,14). The molecule has 0 saturated heterocycles. The Hall–Kier alpha value is -1.30. The maximum absolute atomic E-state index is 11.7. The van der Waals surface area contributed by atoms with Crippen molar-refractivity contribution in [3.63, 3.8) is 0 Å². The van der Waals surface area contributed by atoms with Gasteiger partial charge in [-0.3, -0.25) is 4.79 Å². The van der Waals surface area contributed by atoms with Gasteiger partial charge in [-0.25, -0.2) is 0 Å². The first-order valence-electron chi connectivity index (χ1n) is 4.97. The van der Waals surface area contributed by atoms with Gasteiger partial charge >= 0.3 is 0 Å². The molecule has 0 bridgehead atoms. The molecule has 1 amide bonds. The van der Waals surface area contributed by atoms with Gasteiger partial charge in [0, 0.05) is 6.54 Å². The van der Waals surface area contributed by atoms with Crippen molar-refractivity contribution in [2.24, 2.45) is 5.41 Å². The average molecular weight is 194 g/mol. The minimum atomic E-state index is -0.846. The monoisotopic (exact) mass is 194 g/mol. The summed E-state index contributed by atoms with van der Waals surface area (Å²) in [6.45, 7) is 7.85. The molecule has 0 aliphatic carbocycles. The first-order valence-corrected chi connectivity index (χ1v) is 4.97. The van der Waals surface area contributed by atoms with Crippen molar-refractivity contribution < 1.29 is 4.79 Å². The van der Waals surface area contributed by atoms with Crippen LogP contribution in [-0.4, -0.2) is 12.5 Å². The maximum Gasteiger partial charge on any atom is 0.240 e. The Labute approximate surface area is 85.8 Å². The van der Waals surface area contributed by atoms with E-state index in [1.807, 2.05) is 13.8 Å². The summed E-state index contributed by atoms with van der Waals surface area (Å²) in [5.41, 5.74) is -0.846. The highest BCUT2D eigenvalue weighted by Crippen LogP contribution is 2.25. The van der Waals surface area contributed by atoms with Crippen LogP contribution in [0.1, 0.15) is 33.1 Å². The van der Waals surface area contributed by atoms with Crippen LogP contribution in [0.25, 0.3) is 0 Å². The molecule has 14 heavy (non-hydrogen) atoms. The zero-order valence-electron chi connectivity index (χ0n) is 8.97. The first kappa shape index (κ1) is 12.7. The van der Waals surface area contributed by atoms with E-state index in [0.717, 1.165) is 6.42 Å². The molecule has 0 unspecified atom stereocenters. The fraction of sp³-hybridized carbons (Fsp3) is 0.636. The van der Waals surface area contributed by atoms with E-state index in [4.69, 9.17) is 5.26 Å². The Morgan fingerprint density at radius 3 is 2.50 bits per heavy atom. The molecule has 0 aromatic carbocycles. The second-order valence-electron chi connectivity index (χ2n) is 3.23. The van der Waals surface area contributed by atoms with Crippen molar-refractivity contribution in [2.75, 3.05) is 6.54 Å². The summed E-state index contributed by atoms with van der Waals surface area (Å²) in [5.74, 6) is -0.160. The number of nitrogens with one attached hydrogen (secondary N) is 1.